The monoisotopic (exact) mass is 213 g/mol. The van der Waals surface area contributed by atoms with Crippen LogP contribution in [0.25, 0.3) is 0 Å². The lowest BCUT2D eigenvalue weighted by molar-refractivity contribution is 0.0947. The molecule has 1 rings (SSSR count). The molecule has 15 heavy (non-hydrogen) atoms. The Hall–Kier alpha value is -0.0800. The van der Waals surface area contributed by atoms with Gasteiger partial charge in [-0.25, -0.2) is 0 Å². The van der Waals surface area contributed by atoms with Crippen LogP contribution in [0.5, 0.6) is 0 Å². The molecule has 0 heterocycles. The van der Waals surface area contributed by atoms with Crippen molar-refractivity contribution in [1.82, 2.24) is 5.32 Å². The van der Waals surface area contributed by atoms with Gasteiger partial charge >= 0.3 is 0 Å². The average molecular weight is 213 g/mol. The molecule has 2 nitrogen and oxygen atoms in total. The Morgan fingerprint density at radius 1 is 1.33 bits per heavy atom. The van der Waals surface area contributed by atoms with Gasteiger partial charge in [0.25, 0.3) is 0 Å². The largest absolute Gasteiger partial charge is 0.381 e. The topological polar surface area (TPSA) is 21.3 Å². The van der Waals surface area contributed by atoms with Crippen LogP contribution in [0.3, 0.4) is 0 Å². The quantitative estimate of drug-likeness (QED) is 0.595. The molecule has 1 N–H and O–H groups in total. The maximum atomic E-state index is 5.65. The molecule has 1 saturated carbocycles. The average Bonchev–Trinajstić information content (AvgIpc) is 2.94. The van der Waals surface area contributed by atoms with Crippen molar-refractivity contribution in [3.8, 4) is 0 Å². The highest BCUT2D eigenvalue weighted by atomic mass is 16.5. The minimum absolute atomic E-state index is 0.603. The summed E-state index contributed by atoms with van der Waals surface area (Å²) in [5.41, 5.74) is 0.603. The summed E-state index contributed by atoms with van der Waals surface area (Å²) in [6, 6.07) is 0. The van der Waals surface area contributed by atoms with Gasteiger partial charge < -0.3 is 10.1 Å². The summed E-state index contributed by atoms with van der Waals surface area (Å²) in [5.74, 6) is 0.665. The molecule has 0 aromatic carbocycles. The van der Waals surface area contributed by atoms with Crippen molar-refractivity contribution in [3.05, 3.63) is 0 Å². The predicted octanol–water partition coefficient (Wildman–Crippen LogP) is 2.83. The van der Waals surface area contributed by atoms with Gasteiger partial charge in [-0.2, -0.15) is 0 Å². The van der Waals surface area contributed by atoms with Crippen molar-refractivity contribution in [2.45, 2.75) is 46.5 Å². The maximum absolute atomic E-state index is 5.65. The minimum atomic E-state index is 0.603. The van der Waals surface area contributed by atoms with Crippen LogP contribution in [0.4, 0.5) is 0 Å². The van der Waals surface area contributed by atoms with Crippen molar-refractivity contribution in [2.24, 2.45) is 11.3 Å². The van der Waals surface area contributed by atoms with Gasteiger partial charge in [-0.05, 0) is 43.6 Å². The Labute approximate surface area is 94.8 Å². The smallest absolute Gasteiger partial charge is 0.0488 e. The SMILES string of the molecule is CCCNCC1(CCOCC(C)C)CC1. The van der Waals surface area contributed by atoms with Crippen molar-refractivity contribution >= 4 is 0 Å². The molecule has 0 spiro atoms. The third-order valence-electron chi connectivity index (χ3n) is 3.11. The molecule has 0 saturated heterocycles. The molecule has 90 valence electrons. The number of nitrogens with one attached hydrogen (secondary N) is 1. The van der Waals surface area contributed by atoms with Crippen molar-refractivity contribution in [1.29, 1.82) is 0 Å². The lowest BCUT2D eigenvalue weighted by Crippen LogP contribution is -2.25. The third-order valence-corrected chi connectivity index (χ3v) is 3.11. The third kappa shape index (κ3) is 5.53. The molecule has 0 radical (unpaired) electrons. The zero-order valence-electron chi connectivity index (χ0n) is 10.6. The van der Waals surface area contributed by atoms with E-state index in [1.54, 1.807) is 0 Å². The lowest BCUT2D eigenvalue weighted by atomic mass is 10.0. The van der Waals surface area contributed by atoms with E-state index < -0.39 is 0 Å². The molecular weight excluding hydrogens is 186 g/mol. The van der Waals surface area contributed by atoms with Gasteiger partial charge in [0.1, 0.15) is 0 Å². The van der Waals surface area contributed by atoms with Crippen LogP contribution in [0.15, 0.2) is 0 Å². The molecule has 0 aromatic heterocycles. The fourth-order valence-corrected chi connectivity index (χ4v) is 1.83. The molecule has 0 aromatic rings. The summed E-state index contributed by atoms with van der Waals surface area (Å²) < 4.78 is 5.65. The summed E-state index contributed by atoms with van der Waals surface area (Å²) in [7, 11) is 0. The number of hydrogen-bond donors (Lipinski definition) is 1. The van der Waals surface area contributed by atoms with E-state index in [9.17, 15) is 0 Å². The molecule has 1 fully saturated rings. The van der Waals surface area contributed by atoms with Gasteiger partial charge in [-0.1, -0.05) is 20.8 Å². The van der Waals surface area contributed by atoms with Crippen molar-refractivity contribution in [3.63, 3.8) is 0 Å². The first-order valence-electron chi connectivity index (χ1n) is 6.47. The molecule has 0 amide bonds. The lowest BCUT2D eigenvalue weighted by Gasteiger charge is -2.16. The van der Waals surface area contributed by atoms with E-state index in [1.165, 1.54) is 32.2 Å². The Morgan fingerprint density at radius 3 is 2.60 bits per heavy atom. The Bertz CT molecular complexity index is 164. The van der Waals surface area contributed by atoms with Gasteiger partial charge in [0.15, 0.2) is 0 Å². The molecule has 0 bridgehead atoms. The van der Waals surface area contributed by atoms with E-state index in [1.807, 2.05) is 0 Å². The first kappa shape index (κ1) is 13.0. The summed E-state index contributed by atoms with van der Waals surface area (Å²) in [6.07, 6.45) is 5.28. The van der Waals surface area contributed by atoms with E-state index in [2.05, 4.69) is 26.1 Å². The zero-order chi connectivity index (χ0) is 11.1. The highest BCUT2D eigenvalue weighted by Crippen LogP contribution is 2.48. The van der Waals surface area contributed by atoms with Gasteiger partial charge in [-0.15, -0.1) is 0 Å². The molecule has 1 aliphatic rings. The van der Waals surface area contributed by atoms with Gasteiger partial charge in [0.05, 0.1) is 0 Å². The summed E-state index contributed by atoms with van der Waals surface area (Å²) in [6.45, 7) is 10.9. The maximum Gasteiger partial charge on any atom is 0.0488 e. The highest BCUT2D eigenvalue weighted by molar-refractivity contribution is 4.94. The van der Waals surface area contributed by atoms with Gasteiger partial charge in [0, 0.05) is 19.8 Å². The van der Waals surface area contributed by atoms with E-state index in [0.717, 1.165) is 19.8 Å². The Morgan fingerprint density at radius 2 is 2.07 bits per heavy atom. The van der Waals surface area contributed by atoms with Gasteiger partial charge in [0.2, 0.25) is 0 Å². The summed E-state index contributed by atoms with van der Waals surface area (Å²) in [5, 5.41) is 3.53. The van der Waals surface area contributed by atoms with Crippen LogP contribution in [0, 0.1) is 11.3 Å². The van der Waals surface area contributed by atoms with Crippen LogP contribution >= 0.6 is 0 Å². The van der Waals surface area contributed by atoms with E-state index in [-0.39, 0.29) is 0 Å². The predicted molar refractivity (Wildman–Crippen MR) is 65.1 cm³/mol. The Kier molecular flexibility index (Phi) is 5.62. The van der Waals surface area contributed by atoms with Gasteiger partial charge in [-0.3, -0.25) is 0 Å². The molecule has 0 aliphatic heterocycles. The normalized spacial score (nSPS) is 18.4. The van der Waals surface area contributed by atoms with E-state index in [4.69, 9.17) is 4.74 Å². The fourth-order valence-electron chi connectivity index (χ4n) is 1.83. The highest BCUT2D eigenvalue weighted by Gasteiger charge is 2.41. The Balaban J connectivity index is 1.99. The molecular formula is C13H27NO. The second-order valence-electron chi connectivity index (χ2n) is 5.40. The minimum Gasteiger partial charge on any atom is -0.381 e. The second kappa shape index (κ2) is 6.49. The van der Waals surface area contributed by atoms with Crippen LogP contribution in [0.2, 0.25) is 0 Å². The van der Waals surface area contributed by atoms with Crippen molar-refractivity contribution in [2.75, 3.05) is 26.3 Å². The van der Waals surface area contributed by atoms with Crippen LogP contribution in [-0.4, -0.2) is 26.3 Å². The number of rotatable bonds is 9. The van der Waals surface area contributed by atoms with Crippen LogP contribution < -0.4 is 5.32 Å². The van der Waals surface area contributed by atoms with Crippen LogP contribution in [0.1, 0.15) is 46.5 Å². The van der Waals surface area contributed by atoms with Crippen molar-refractivity contribution < 1.29 is 4.74 Å². The number of ether oxygens (including phenoxy) is 1. The van der Waals surface area contributed by atoms with Crippen LogP contribution in [-0.2, 0) is 4.74 Å². The first-order valence-corrected chi connectivity index (χ1v) is 6.47. The second-order valence-corrected chi connectivity index (χ2v) is 5.40. The molecule has 2 heteroatoms. The first-order chi connectivity index (χ1) is 7.18. The summed E-state index contributed by atoms with van der Waals surface area (Å²) >= 11 is 0. The van der Waals surface area contributed by atoms with E-state index in [0.29, 0.717) is 11.3 Å². The molecule has 0 atom stereocenters. The standard InChI is InChI=1S/C13H27NO/c1-4-8-14-11-13(5-6-13)7-9-15-10-12(2)3/h12,14H,4-11H2,1-3H3. The zero-order valence-corrected chi connectivity index (χ0v) is 10.6. The van der Waals surface area contributed by atoms with E-state index >= 15 is 0 Å². The summed E-state index contributed by atoms with van der Waals surface area (Å²) in [4.78, 5) is 0. The molecule has 0 unspecified atom stereocenters. The molecule has 1 aliphatic carbocycles. The fraction of sp³-hybridized carbons (Fsp3) is 1.00. The number of hydrogen-bond acceptors (Lipinski definition) is 2.